The van der Waals surface area contributed by atoms with Crippen molar-refractivity contribution in [2.75, 3.05) is 49.4 Å². The van der Waals surface area contributed by atoms with Gasteiger partial charge in [0.2, 0.25) is 0 Å². The standard InChI is InChI=1S/C10H20O8S6/c11-23(12,13)3-1-17-5-9-7-19-20-8-10(22-21-9)6-18-2-4-24(14,15)16/h9-10H,1-8H2,(H,11,12,13)(H,14,15,16)/p-2. The Morgan fingerprint density at radius 1 is 0.792 bits per heavy atom. The summed E-state index contributed by atoms with van der Waals surface area (Å²) < 4.78 is 73.4. The molecule has 1 heterocycles. The third-order valence-electron chi connectivity index (χ3n) is 2.48. The largest absolute Gasteiger partial charge is 0.748 e. The van der Waals surface area contributed by atoms with E-state index in [1.165, 1.54) is 0 Å². The number of hydrogen-bond donors (Lipinski definition) is 0. The molecule has 0 radical (unpaired) electrons. The fourth-order valence-corrected chi connectivity index (χ4v) is 8.52. The maximum absolute atomic E-state index is 10.5. The number of hydrogen-bond acceptors (Lipinski definition) is 12. The molecule has 0 spiro atoms. The maximum atomic E-state index is 10.5. The molecule has 2 atom stereocenters. The van der Waals surface area contributed by atoms with E-state index in [4.69, 9.17) is 9.47 Å². The summed E-state index contributed by atoms with van der Waals surface area (Å²) >= 11 is 0. The number of ether oxygens (including phenoxy) is 2. The average molecular weight is 459 g/mol. The second-order valence-corrected chi connectivity index (χ2v) is 13.2. The van der Waals surface area contributed by atoms with Gasteiger partial charge in [-0.1, -0.05) is 43.2 Å². The molecule has 1 rings (SSSR count). The summed E-state index contributed by atoms with van der Waals surface area (Å²) in [5, 5.41) is 0.290. The van der Waals surface area contributed by atoms with E-state index in [0.29, 0.717) is 13.2 Å². The summed E-state index contributed by atoms with van der Waals surface area (Å²) in [7, 11) is -1.97. The molecule has 0 aromatic rings. The minimum absolute atomic E-state index is 0.110. The van der Waals surface area contributed by atoms with Crippen molar-refractivity contribution in [2.45, 2.75) is 10.5 Å². The summed E-state index contributed by atoms with van der Waals surface area (Å²) in [6, 6.07) is 0. The van der Waals surface area contributed by atoms with E-state index in [2.05, 4.69) is 0 Å². The fourth-order valence-electron chi connectivity index (χ4n) is 1.36. The smallest absolute Gasteiger partial charge is 0.0968 e. The monoisotopic (exact) mass is 458 g/mol. The summed E-state index contributed by atoms with van der Waals surface area (Å²) in [4.78, 5) is 0. The first-order chi connectivity index (χ1) is 11.2. The van der Waals surface area contributed by atoms with Gasteiger partial charge in [-0.25, -0.2) is 16.8 Å². The third-order valence-corrected chi connectivity index (χ3v) is 10.0. The predicted octanol–water partition coefficient (Wildman–Crippen LogP) is 0.624. The molecule has 0 N–H and O–H groups in total. The molecule has 14 heteroatoms. The summed E-state index contributed by atoms with van der Waals surface area (Å²) in [6.45, 7) is 0.481. The summed E-state index contributed by atoms with van der Waals surface area (Å²) in [5.41, 5.74) is 0. The molecular weight excluding hydrogens is 441 g/mol. The van der Waals surface area contributed by atoms with E-state index in [1.54, 1.807) is 43.2 Å². The van der Waals surface area contributed by atoms with Crippen LogP contribution in [-0.4, -0.2) is 85.9 Å². The highest BCUT2D eigenvalue weighted by molar-refractivity contribution is 8.80. The van der Waals surface area contributed by atoms with Crippen LogP contribution in [0.15, 0.2) is 0 Å². The van der Waals surface area contributed by atoms with Gasteiger partial charge in [-0.05, 0) is 0 Å². The van der Waals surface area contributed by atoms with Crippen molar-refractivity contribution in [3.63, 3.8) is 0 Å². The zero-order valence-electron chi connectivity index (χ0n) is 12.5. The molecule has 1 saturated heterocycles. The van der Waals surface area contributed by atoms with Crippen LogP contribution in [0.1, 0.15) is 0 Å². The van der Waals surface area contributed by atoms with Crippen LogP contribution in [-0.2, 0) is 29.7 Å². The van der Waals surface area contributed by atoms with Crippen molar-refractivity contribution in [1.29, 1.82) is 0 Å². The van der Waals surface area contributed by atoms with E-state index >= 15 is 0 Å². The average Bonchev–Trinajstić information content (AvgIpc) is 2.41. The normalized spacial score (nSPS) is 23.6. The van der Waals surface area contributed by atoms with Crippen LogP contribution < -0.4 is 0 Å². The molecular formula is C10H18O8S6-2. The van der Waals surface area contributed by atoms with Gasteiger partial charge in [-0.2, -0.15) is 0 Å². The molecule has 0 amide bonds. The van der Waals surface area contributed by atoms with Crippen molar-refractivity contribution in [2.24, 2.45) is 0 Å². The maximum Gasteiger partial charge on any atom is 0.0968 e. The van der Waals surface area contributed by atoms with Crippen molar-refractivity contribution in [3.8, 4) is 0 Å². The molecule has 24 heavy (non-hydrogen) atoms. The Morgan fingerprint density at radius 3 is 1.50 bits per heavy atom. The van der Waals surface area contributed by atoms with Crippen LogP contribution in [0.5, 0.6) is 0 Å². The summed E-state index contributed by atoms with van der Waals surface area (Å²) in [6.07, 6.45) is 0. The molecule has 1 aliphatic heterocycles. The Kier molecular flexibility index (Phi) is 11.4. The molecule has 8 nitrogen and oxygen atoms in total. The summed E-state index contributed by atoms with van der Waals surface area (Å²) in [5.74, 6) is 0.597. The predicted molar refractivity (Wildman–Crippen MR) is 98.4 cm³/mol. The van der Waals surface area contributed by atoms with E-state index in [0.717, 1.165) is 11.5 Å². The van der Waals surface area contributed by atoms with Gasteiger partial charge in [0.25, 0.3) is 0 Å². The fraction of sp³-hybridized carbons (Fsp3) is 1.00. The van der Waals surface area contributed by atoms with Gasteiger partial charge in [-0.3, -0.25) is 0 Å². The van der Waals surface area contributed by atoms with Gasteiger partial charge in [0.05, 0.1) is 58.2 Å². The van der Waals surface area contributed by atoms with Gasteiger partial charge in [0.1, 0.15) is 0 Å². The topological polar surface area (TPSA) is 133 Å². The van der Waals surface area contributed by atoms with Gasteiger partial charge < -0.3 is 18.6 Å². The van der Waals surface area contributed by atoms with Gasteiger partial charge in [-0.15, -0.1) is 0 Å². The van der Waals surface area contributed by atoms with Crippen LogP contribution in [0.25, 0.3) is 0 Å². The first-order valence-electron chi connectivity index (χ1n) is 6.75. The molecule has 0 aromatic heterocycles. The first kappa shape index (κ1) is 23.2. The molecule has 0 saturated carbocycles. The Labute approximate surface area is 158 Å². The van der Waals surface area contributed by atoms with Crippen molar-refractivity contribution in [1.82, 2.24) is 0 Å². The number of rotatable bonds is 10. The zero-order chi connectivity index (χ0) is 18.1. The highest BCUT2D eigenvalue weighted by atomic mass is 33.1. The van der Waals surface area contributed by atoms with Crippen molar-refractivity contribution in [3.05, 3.63) is 0 Å². The molecule has 144 valence electrons. The zero-order valence-corrected chi connectivity index (χ0v) is 17.4. The van der Waals surface area contributed by atoms with Gasteiger partial charge in [0, 0.05) is 22.0 Å². The van der Waals surface area contributed by atoms with Gasteiger partial charge >= 0.3 is 0 Å². The minimum atomic E-state index is -4.25. The Hall–Kier alpha value is 1.14. The van der Waals surface area contributed by atoms with Gasteiger partial charge in [0.15, 0.2) is 0 Å². The van der Waals surface area contributed by atoms with E-state index in [9.17, 15) is 25.9 Å². The quantitative estimate of drug-likeness (QED) is 0.258. The Bertz CT molecular complexity index is 500. The highest BCUT2D eigenvalue weighted by Gasteiger charge is 2.20. The second-order valence-electron chi connectivity index (χ2n) is 4.68. The first-order valence-corrected chi connectivity index (χ1v) is 14.7. The molecule has 0 aliphatic carbocycles. The van der Waals surface area contributed by atoms with Crippen molar-refractivity contribution < 1.29 is 35.4 Å². The van der Waals surface area contributed by atoms with Crippen LogP contribution in [0.4, 0.5) is 0 Å². The molecule has 1 fully saturated rings. The Balaban J connectivity index is 2.22. The second kappa shape index (κ2) is 11.8. The van der Waals surface area contributed by atoms with Crippen molar-refractivity contribution >= 4 is 63.4 Å². The van der Waals surface area contributed by atoms with Crippen LogP contribution in [0.2, 0.25) is 0 Å². The van der Waals surface area contributed by atoms with Crippen LogP contribution in [0, 0.1) is 0 Å². The lowest BCUT2D eigenvalue weighted by Crippen LogP contribution is -2.22. The lowest BCUT2D eigenvalue weighted by molar-refractivity contribution is 0.151. The van der Waals surface area contributed by atoms with E-state index in [1.807, 2.05) is 0 Å². The molecule has 1 aliphatic rings. The Morgan fingerprint density at radius 2 is 1.17 bits per heavy atom. The van der Waals surface area contributed by atoms with Crippen LogP contribution in [0.3, 0.4) is 0 Å². The van der Waals surface area contributed by atoms with E-state index < -0.39 is 31.7 Å². The highest BCUT2D eigenvalue weighted by Crippen LogP contribution is 2.41. The minimum Gasteiger partial charge on any atom is -0.748 e. The molecule has 0 bridgehead atoms. The van der Waals surface area contributed by atoms with E-state index in [-0.39, 0.29) is 23.7 Å². The lowest BCUT2D eigenvalue weighted by atomic mass is 10.5. The van der Waals surface area contributed by atoms with Crippen LogP contribution >= 0.6 is 43.2 Å². The molecule has 2 unspecified atom stereocenters. The SMILES string of the molecule is O=S(=O)([O-])CCOCC1CSSCC(COCCS(=O)(=O)[O-])SS1. The lowest BCUT2D eigenvalue weighted by Gasteiger charge is -2.23. The third kappa shape index (κ3) is 13.4. The molecule has 0 aromatic carbocycles.